The second-order valence-corrected chi connectivity index (χ2v) is 9.43. The number of rotatable bonds is 7. The van der Waals surface area contributed by atoms with Crippen LogP contribution in [0.15, 0.2) is 0 Å². The van der Waals surface area contributed by atoms with Gasteiger partial charge in [0, 0.05) is 37.7 Å². The van der Waals surface area contributed by atoms with Crippen molar-refractivity contribution in [2.24, 2.45) is 11.3 Å². The first-order valence-corrected chi connectivity index (χ1v) is 10.1. The molecule has 0 unspecified atom stereocenters. The topological polar surface area (TPSA) is 50.8 Å². The third-order valence-electron chi connectivity index (χ3n) is 5.81. The van der Waals surface area contributed by atoms with Gasteiger partial charge in [-0.3, -0.25) is 0 Å². The molecule has 5 heteroatoms. The average Bonchev–Trinajstić information content (AvgIpc) is 3.31. The second-order valence-electron chi connectivity index (χ2n) is 9.43. The van der Waals surface area contributed by atoms with E-state index in [1.807, 2.05) is 25.7 Å². The van der Waals surface area contributed by atoms with E-state index in [0.29, 0.717) is 6.04 Å². The van der Waals surface area contributed by atoms with Crippen molar-refractivity contribution in [2.45, 2.75) is 77.4 Å². The van der Waals surface area contributed by atoms with Gasteiger partial charge in [0.25, 0.3) is 0 Å². The monoisotopic (exact) mass is 352 g/mol. The molecule has 3 aliphatic rings. The Kier molecular flexibility index (Phi) is 5.94. The highest BCUT2D eigenvalue weighted by atomic mass is 16.6. The molecule has 0 bridgehead atoms. The Hall–Kier alpha value is -0.810. The molecule has 1 saturated heterocycles. The summed E-state index contributed by atoms with van der Waals surface area (Å²) in [5.74, 6) is 0.787. The van der Waals surface area contributed by atoms with Gasteiger partial charge in [0.2, 0.25) is 0 Å². The van der Waals surface area contributed by atoms with Crippen LogP contribution < -0.4 is 5.32 Å². The molecular weight excluding hydrogens is 316 g/mol. The van der Waals surface area contributed by atoms with Crippen LogP contribution in [-0.2, 0) is 9.47 Å². The Morgan fingerprint density at radius 3 is 2.36 bits per heavy atom. The molecule has 0 spiro atoms. The lowest BCUT2D eigenvalue weighted by atomic mass is 9.78. The van der Waals surface area contributed by atoms with E-state index >= 15 is 0 Å². The molecule has 2 aliphatic carbocycles. The van der Waals surface area contributed by atoms with E-state index in [1.165, 1.54) is 32.1 Å². The summed E-state index contributed by atoms with van der Waals surface area (Å²) in [5.41, 5.74) is -0.254. The van der Waals surface area contributed by atoms with Gasteiger partial charge in [0.1, 0.15) is 5.60 Å². The van der Waals surface area contributed by atoms with Gasteiger partial charge in [-0.05, 0) is 65.2 Å². The number of carbonyl (C=O) groups excluding carboxylic acids is 1. The summed E-state index contributed by atoms with van der Waals surface area (Å²) in [5, 5.41) is 3.70. The van der Waals surface area contributed by atoms with Crippen molar-refractivity contribution >= 4 is 6.09 Å². The summed E-state index contributed by atoms with van der Waals surface area (Å²) in [4.78, 5) is 14.2. The molecular formula is C20H36N2O3. The van der Waals surface area contributed by atoms with E-state index in [9.17, 15) is 4.79 Å². The predicted molar refractivity (Wildman–Crippen MR) is 98.7 cm³/mol. The molecule has 0 aromatic heterocycles. The molecule has 2 saturated carbocycles. The molecule has 3 rings (SSSR count). The Bertz CT molecular complexity index is 444. The Morgan fingerprint density at radius 2 is 1.84 bits per heavy atom. The molecule has 1 N–H and O–H groups in total. The summed E-state index contributed by atoms with van der Waals surface area (Å²) >= 11 is 0. The molecule has 5 nitrogen and oxygen atoms in total. The summed E-state index contributed by atoms with van der Waals surface area (Å²) < 4.78 is 11.7. The lowest BCUT2D eigenvalue weighted by Gasteiger charge is -2.42. The SMILES string of the molecule is CC(C)(C)OC(=O)N1CCC(CNC2CC2)(COCC2CCC2)CC1. The molecule has 25 heavy (non-hydrogen) atoms. The third kappa shape index (κ3) is 5.85. The molecule has 0 radical (unpaired) electrons. The molecule has 144 valence electrons. The van der Waals surface area contributed by atoms with Crippen molar-refractivity contribution in [2.75, 3.05) is 32.8 Å². The van der Waals surface area contributed by atoms with Gasteiger partial charge in [0.15, 0.2) is 0 Å². The summed E-state index contributed by atoms with van der Waals surface area (Å²) in [6.45, 7) is 10.1. The minimum atomic E-state index is -0.426. The van der Waals surface area contributed by atoms with Crippen molar-refractivity contribution < 1.29 is 14.3 Å². The van der Waals surface area contributed by atoms with Crippen LogP contribution in [0.5, 0.6) is 0 Å². The summed E-state index contributed by atoms with van der Waals surface area (Å²) in [7, 11) is 0. The zero-order chi connectivity index (χ0) is 17.9. The predicted octanol–water partition coefficient (Wildman–Crippen LogP) is 3.57. The van der Waals surface area contributed by atoms with Crippen LogP contribution in [0.1, 0.15) is 65.7 Å². The molecule has 3 fully saturated rings. The van der Waals surface area contributed by atoms with Gasteiger partial charge in [-0.2, -0.15) is 0 Å². The number of likely N-dealkylation sites (tertiary alicyclic amines) is 1. The van der Waals surface area contributed by atoms with E-state index < -0.39 is 5.60 Å². The number of piperidine rings is 1. The maximum Gasteiger partial charge on any atom is 0.410 e. The maximum absolute atomic E-state index is 12.3. The highest BCUT2D eigenvalue weighted by molar-refractivity contribution is 5.68. The van der Waals surface area contributed by atoms with Crippen LogP contribution in [-0.4, -0.2) is 55.5 Å². The minimum absolute atomic E-state index is 0.171. The smallest absolute Gasteiger partial charge is 0.410 e. The average molecular weight is 353 g/mol. The van der Waals surface area contributed by atoms with Gasteiger partial charge < -0.3 is 19.7 Å². The van der Waals surface area contributed by atoms with Crippen molar-refractivity contribution in [3.63, 3.8) is 0 Å². The van der Waals surface area contributed by atoms with E-state index in [1.54, 1.807) is 0 Å². The van der Waals surface area contributed by atoms with E-state index in [2.05, 4.69) is 5.32 Å². The lowest BCUT2D eigenvalue weighted by molar-refractivity contribution is -0.0285. The van der Waals surface area contributed by atoms with Gasteiger partial charge in [-0.25, -0.2) is 4.79 Å². The van der Waals surface area contributed by atoms with Crippen molar-refractivity contribution in [3.8, 4) is 0 Å². The van der Waals surface area contributed by atoms with Gasteiger partial charge in [0.05, 0.1) is 6.61 Å². The van der Waals surface area contributed by atoms with E-state index in [4.69, 9.17) is 9.47 Å². The number of amides is 1. The summed E-state index contributed by atoms with van der Waals surface area (Å²) in [6.07, 6.45) is 8.47. The maximum atomic E-state index is 12.3. The van der Waals surface area contributed by atoms with Gasteiger partial charge in [-0.15, -0.1) is 0 Å². The van der Waals surface area contributed by atoms with Gasteiger partial charge in [-0.1, -0.05) is 6.42 Å². The van der Waals surface area contributed by atoms with Gasteiger partial charge >= 0.3 is 6.09 Å². The lowest BCUT2D eigenvalue weighted by Crippen LogP contribution is -2.50. The number of ether oxygens (including phenoxy) is 2. The number of nitrogens with one attached hydrogen (secondary N) is 1. The third-order valence-corrected chi connectivity index (χ3v) is 5.81. The van der Waals surface area contributed by atoms with Crippen molar-refractivity contribution in [1.82, 2.24) is 10.2 Å². The van der Waals surface area contributed by atoms with E-state index in [-0.39, 0.29) is 11.5 Å². The van der Waals surface area contributed by atoms with Crippen LogP contribution in [0, 0.1) is 11.3 Å². The number of nitrogens with zero attached hydrogens (tertiary/aromatic N) is 1. The van der Waals surface area contributed by atoms with Crippen LogP contribution in [0.3, 0.4) is 0 Å². The minimum Gasteiger partial charge on any atom is -0.444 e. The fourth-order valence-electron chi connectivity index (χ4n) is 3.61. The zero-order valence-corrected chi connectivity index (χ0v) is 16.3. The number of hydrogen-bond donors (Lipinski definition) is 1. The number of carbonyl (C=O) groups is 1. The van der Waals surface area contributed by atoms with Crippen LogP contribution in [0.25, 0.3) is 0 Å². The normalized spacial score (nSPS) is 24.0. The van der Waals surface area contributed by atoms with Crippen molar-refractivity contribution in [3.05, 3.63) is 0 Å². The molecule has 1 heterocycles. The molecule has 0 atom stereocenters. The highest BCUT2D eigenvalue weighted by Crippen LogP contribution is 2.34. The first-order valence-electron chi connectivity index (χ1n) is 10.1. The van der Waals surface area contributed by atoms with E-state index in [0.717, 1.165) is 51.6 Å². The Morgan fingerprint density at radius 1 is 1.16 bits per heavy atom. The summed E-state index contributed by atoms with van der Waals surface area (Å²) in [6, 6.07) is 0.715. The highest BCUT2D eigenvalue weighted by Gasteiger charge is 2.38. The molecule has 1 amide bonds. The second kappa shape index (κ2) is 7.83. The van der Waals surface area contributed by atoms with Crippen LogP contribution in [0.4, 0.5) is 4.79 Å². The molecule has 0 aromatic rings. The zero-order valence-electron chi connectivity index (χ0n) is 16.3. The molecule has 0 aromatic carbocycles. The fourth-order valence-corrected chi connectivity index (χ4v) is 3.61. The standard InChI is InChI=1S/C20H36N2O3/c1-19(2,3)25-18(23)22-11-9-20(10-12-22,14-21-17-7-8-17)15-24-13-16-5-4-6-16/h16-17,21H,4-15H2,1-3H3. The van der Waals surface area contributed by atoms with Crippen LogP contribution >= 0.6 is 0 Å². The number of hydrogen-bond acceptors (Lipinski definition) is 4. The first kappa shape index (κ1) is 19.0. The first-order chi connectivity index (χ1) is 11.9. The Balaban J connectivity index is 1.48. The molecule has 1 aliphatic heterocycles. The van der Waals surface area contributed by atoms with Crippen molar-refractivity contribution in [1.29, 1.82) is 0 Å². The Labute approximate surface area is 152 Å². The quantitative estimate of drug-likeness (QED) is 0.761. The largest absolute Gasteiger partial charge is 0.444 e. The fraction of sp³-hybridized carbons (Fsp3) is 0.950. The van der Waals surface area contributed by atoms with Crippen LogP contribution in [0.2, 0.25) is 0 Å².